The van der Waals surface area contributed by atoms with Crippen LogP contribution in [0.25, 0.3) is 11.3 Å². The van der Waals surface area contributed by atoms with Crippen molar-refractivity contribution in [1.29, 1.82) is 5.26 Å². The number of rotatable bonds is 5. The second-order valence-corrected chi connectivity index (χ2v) is 6.34. The second-order valence-electron chi connectivity index (χ2n) is 6.34. The summed E-state index contributed by atoms with van der Waals surface area (Å²) in [5.41, 5.74) is 3.16. The van der Waals surface area contributed by atoms with E-state index in [0.29, 0.717) is 22.3 Å². The number of carbonyl (C=O) groups is 1. The number of Topliss-reactive ketones (excluding diaryl/α,β-unsaturated/α-hetero) is 1. The number of carbonyl (C=O) groups excluding carboxylic acids is 1. The van der Waals surface area contributed by atoms with Gasteiger partial charge in [0, 0.05) is 22.8 Å². The van der Waals surface area contributed by atoms with Gasteiger partial charge in [0.2, 0.25) is 0 Å². The van der Waals surface area contributed by atoms with E-state index >= 15 is 0 Å². The standard InChI is InChI=1S/C25H19NO2/c1-18-12-14-21(15-13-18)25(28)23(24(27)20-10-6-3-7-11-20)22(16-17-26)19-8-4-2-5-9-19/h2-16,27H,1H3/b22-16+,24-23-. The Hall–Kier alpha value is -3.90. The molecule has 0 spiro atoms. The number of nitriles is 1. The number of nitrogens with zero attached hydrogens (tertiary/aromatic N) is 1. The number of benzene rings is 3. The number of hydrogen-bond acceptors (Lipinski definition) is 3. The molecule has 0 atom stereocenters. The summed E-state index contributed by atoms with van der Waals surface area (Å²) in [6.45, 7) is 1.94. The highest BCUT2D eigenvalue weighted by atomic mass is 16.3. The van der Waals surface area contributed by atoms with Crippen LogP contribution in [0.4, 0.5) is 0 Å². The molecule has 0 saturated carbocycles. The summed E-state index contributed by atoms with van der Waals surface area (Å²) in [4.78, 5) is 13.4. The molecular weight excluding hydrogens is 346 g/mol. The summed E-state index contributed by atoms with van der Waals surface area (Å²) in [5.74, 6) is -0.497. The fraction of sp³-hybridized carbons (Fsp3) is 0.0400. The van der Waals surface area contributed by atoms with Gasteiger partial charge in [0.1, 0.15) is 5.76 Å². The van der Waals surface area contributed by atoms with E-state index in [0.717, 1.165) is 5.56 Å². The zero-order valence-corrected chi connectivity index (χ0v) is 15.5. The Morgan fingerprint density at radius 1 is 0.821 bits per heavy atom. The van der Waals surface area contributed by atoms with Gasteiger partial charge in [-0.15, -0.1) is 0 Å². The lowest BCUT2D eigenvalue weighted by molar-refractivity contribution is 0.103. The van der Waals surface area contributed by atoms with Crippen LogP contribution < -0.4 is 0 Å². The van der Waals surface area contributed by atoms with E-state index in [1.54, 1.807) is 36.4 Å². The third kappa shape index (κ3) is 4.08. The first-order valence-electron chi connectivity index (χ1n) is 8.87. The van der Waals surface area contributed by atoms with Gasteiger partial charge >= 0.3 is 0 Å². The van der Waals surface area contributed by atoms with Gasteiger partial charge in [0.05, 0.1) is 11.6 Å². The molecule has 136 valence electrons. The molecule has 28 heavy (non-hydrogen) atoms. The predicted octanol–water partition coefficient (Wildman–Crippen LogP) is 5.75. The Morgan fingerprint density at radius 3 is 1.89 bits per heavy atom. The van der Waals surface area contributed by atoms with Crippen molar-refractivity contribution in [2.45, 2.75) is 6.92 Å². The highest BCUT2D eigenvalue weighted by Crippen LogP contribution is 2.31. The van der Waals surface area contributed by atoms with Crippen molar-refractivity contribution in [3.63, 3.8) is 0 Å². The lowest BCUT2D eigenvalue weighted by Crippen LogP contribution is -2.09. The normalized spacial score (nSPS) is 12.1. The lowest BCUT2D eigenvalue weighted by atomic mass is 9.89. The minimum absolute atomic E-state index is 0.0998. The van der Waals surface area contributed by atoms with Crippen LogP contribution in [-0.2, 0) is 0 Å². The molecule has 3 nitrogen and oxygen atoms in total. The van der Waals surface area contributed by atoms with E-state index < -0.39 is 0 Å². The van der Waals surface area contributed by atoms with Gasteiger partial charge in [-0.05, 0) is 12.5 Å². The van der Waals surface area contributed by atoms with Gasteiger partial charge in [-0.2, -0.15) is 5.26 Å². The van der Waals surface area contributed by atoms with Gasteiger partial charge < -0.3 is 5.11 Å². The SMILES string of the molecule is Cc1ccc(C(=O)C(=C(\O)c2ccccc2)/C(=C/C#N)c2ccccc2)cc1. The van der Waals surface area contributed by atoms with Gasteiger partial charge in [0.15, 0.2) is 5.78 Å². The minimum atomic E-state index is -0.341. The minimum Gasteiger partial charge on any atom is -0.507 e. The molecule has 0 fully saturated rings. The maximum Gasteiger partial charge on any atom is 0.197 e. The third-order valence-electron chi connectivity index (χ3n) is 4.39. The Labute approximate surface area is 164 Å². The monoisotopic (exact) mass is 365 g/mol. The molecule has 0 aliphatic carbocycles. The van der Waals surface area contributed by atoms with E-state index in [4.69, 9.17) is 0 Å². The molecule has 3 aromatic carbocycles. The van der Waals surface area contributed by atoms with Crippen molar-refractivity contribution in [2.75, 3.05) is 0 Å². The van der Waals surface area contributed by atoms with E-state index in [1.165, 1.54) is 6.08 Å². The maximum absolute atomic E-state index is 13.4. The quantitative estimate of drug-likeness (QED) is 0.206. The van der Waals surface area contributed by atoms with Crippen molar-refractivity contribution >= 4 is 17.1 Å². The van der Waals surface area contributed by atoms with Crippen LogP contribution in [0, 0.1) is 18.3 Å². The summed E-state index contributed by atoms with van der Waals surface area (Å²) in [5, 5.41) is 20.4. The first kappa shape index (κ1) is 18.9. The molecule has 0 radical (unpaired) electrons. The van der Waals surface area contributed by atoms with Crippen molar-refractivity contribution in [3.8, 4) is 6.07 Å². The Balaban J connectivity index is 2.25. The van der Waals surface area contributed by atoms with Gasteiger partial charge in [-0.1, -0.05) is 90.5 Å². The summed E-state index contributed by atoms with van der Waals surface area (Å²) in [6.07, 6.45) is 1.30. The molecule has 0 aliphatic rings. The van der Waals surface area contributed by atoms with Crippen LogP contribution in [0.15, 0.2) is 96.6 Å². The molecule has 3 aromatic rings. The smallest absolute Gasteiger partial charge is 0.197 e. The summed E-state index contributed by atoms with van der Waals surface area (Å²) >= 11 is 0. The number of hydrogen-bond donors (Lipinski definition) is 1. The summed E-state index contributed by atoms with van der Waals surface area (Å²) in [6, 6.07) is 27.2. The fourth-order valence-electron chi connectivity index (χ4n) is 2.93. The van der Waals surface area contributed by atoms with Crippen LogP contribution in [0.1, 0.15) is 27.0 Å². The molecule has 0 heterocycles. The average Bonchev–Trinajstić information content (AvgIpc) is 2.75. The van der Waals surface area contributed by atoms with Crippen molar-refractivity contribution < 1.29 is 9.90 Å². The molecule has 0 bridgehead atoms. The molecular formula is C25H19NO2. The zero-order chi connectivity index (χ0) is 19.9. The molecule has 0 amide bonds. The van der Waals surface area contributed by atoms with E-state index in [1.807, 2.05) is 61.5 Å². The maximum atomic E-state index is 13.4. The van der Waals surface area contributed by atoms with Crippen LogP contribution in [0.2, 0.25) is 0 Å². The largest absolute Gasteiger partial charge is 0.507 e. The van der Waals surface area contributed by atoms with E-state index in [9.17, 15) is 15.2 Å². The highest BCUT2D eigenvalue weighted by molar-refractivity contribution is 6.22. The zero-order valence-electron chi connectivity index (χ0n) is 15.5. The van der Waals surface area contributed by atoms with E-state index in [2.05, 4.69) is 0 Å². The van der Waals surface area contributed by atoms with Crippen molar-refractivity contribution in [1.82, 2.24) is 0 Å². The highest BCUT2D eigenvalue weighted by Gasteiger charge is 2.23. The predicted molar refractivity (Wildman–Crippen MR) is 112 cm³/mol. The number of aliphatic hydroxyl groups is 1. The molecule has 1 N–H and O–H groups in total. The number of allylic oxidation sites excluding steroid dienone is 3. The second kappa shape index (κ2) is 8.66. The van der Waals surface area contributed by atoms with Crippen molar-refractivity contribution in [2.24, 2.45) is 0 Å². The number of ketones is 1. The Bertz CT molecular complexity index is 1070. The molecule has 0 saturated heterocycles. The number of aliphatic hydroxyl groups excluding tert-OH is 1. The van der Waals surface area contributed by atoms with Crippen LogP contribution in [-0.4, -0.2) is 10.9 Å². The van der Waals surface area contributed by atoms with Gasteiger partial charge in [0.25, 0.3) is 0 Å². The fourth-order valence-corrected chi connectivity index (χ4v) is 2.93. The Morgan fingerprint density at radius 2 is 1.36 bits per heavy atom. The molecule has 0 aliphatic heterocycles. The first-order valence-corrected chi connectivity index (χ1v) is 8.87. The first-order chi connectivity index (χ1) is 13.6. The molecule has 0 unspecified atom stereocenters. The third-order valence-corrected chi connectivity index (χ3v) is 4.39. The Kier molecular flexibility index (Phi) is 5.84. The summed E-state index contributed by atoms with van der Waals surface area (Å²) in [7, 11) is 0. The number of aryl methyl sites for hydroxylation is 1. The van der Waals surface area contributed by atoms with Gasteiger partial charge in [-0.3, -0.25) is 4.79 Å². The summed E-state index contributed by atoms with van der Waals surface area (Å²) < 4.78 is 0. The van der Waals surface area contributed by atoms with E-state index in [-0.39, 0.29) is 17.1 Å². The van der Waals surface area contributed by atoms with Crippen LogP contribution >= 0.6 is 0 Å². The average molecular weight is 365 g/mol. The van der Waals surface area contributed by atoms with Crippen LogP contribution in [0.5, 0.6) is 0 Å². The molecule has 0 aromatic heterocycles. The van der Waals surface area contributed by atoms with Crippen LogP contribution in [0.3, 0.4) is 0 Å². The lowest BCUT2D eigenvalue weighted by Gasteiger charge is -2.14. The van der Waals surface area contributed by atoms with Gasteiger partial charge in [-0.25, -0.2) is 0 Å². The molecule has 3 rings (SSSR count). The van der Waals surface area contributed by atoms with Crippen molar-refractivity contribution in [3.05, 3.63) is 119 Å². The molecule has 3 heteroatoms. The topological polar surface area (TPSA) is 61.1 Å².